The number of methoxy groups -OCH3 is 2. The topological polar surface area (TPSA) is 38.8 Å². The van der Waals surface area contributed by atoms with Gasteiger partial charge in [0.25, 0.3) is 0 Å². The van der Waals surface area contributed by atoms with E-state index in [0.717, 1.165) is 33.8 Å². The summed E-state index contributed by atoms with van der Waals surface area (Å²) >= 11 is 0. The van der Waals surface area contributed by atoms with Gasteiger partial charge in [0.05, 0.1) is 19.8 Å². The van der Waals surface area contributed by atoms with Crippen LogP contribution in [0.5, 0.6) is 5.75 Å². The number of nitrogens with zero attached hydrogens (tertiary/aromatic N) is 1. The van der Waals surface area contributed by atoms with Gasteiger partial charge in [-0.1, -0.05) is 42.5 Å². The largest absolute Gasteiger partial charge is 0.497 e. The number of carbonyl (C=O) groups excluding carboxylic acids is 1. The zero-order valence-corrected chi connectivity index (χ0v) is 15.9. The monoisotopic (exact) mass is 371 g/mol. The van der Waals surface area contributed by atoms with E-state index in [1.165, 1.54) is 7.11 Å². The van der Waals surface area contributed by atoms with Crippen LogP contribution in [0.3, 0.4) is 0 Å². The molecule has 0 saturated heterocycles. The molecule has 4 heteroatoms. The highest BCUT2D eigenvalue weighted by Crippen LogP contribution is 2.38. The van der Waals surface area contributed by atoms with Crippen LogP contribution in [0, 0.1) is 0 Å². The molecule has 0 bridgehead atoms. The molecule has 4 nitrogen and oxygen atoms in total. The highest BCUT2D eigenvalue weighted by molar-refractivity contribution is 5.90. The minimum atomic E-state index is -0.326. The van der Waals surface area contributed by atoms with Crippen molar-refractivity contribution in [2.24, 2.45) is 0 Å². The molecule has 0 radical (unpaired) electrons. The zero-order valence-electron chi connectivity index (χ0n) is 15.9. The molecule has 4 rings (SSSR count). The maximum atomic E-state index is 11.7. The number of para-hydroxylation sites is 1. The Morgan fingerprint density at radius 1 is 0.857 bits per heavy atom. The van der Waals surface area contributed by atoms with E-state index in [9.17, 15) is 4.79 Å². The maximum absolute atomic E-state index is 11.7. The zero-order chi connectivity index (χ0) is 19.5. The van der Waals surface area contributed by atoms with E-state index in [2.05, 4.69) is 41.3 Å². The van der Waals surface area contributed by atoms with Crippen molar-refractivity contribution in [2.75, 3.05) is 19.1 Å². The van der Waals surface area contributed by atoms with Crippen LogP contribution < -0.4 is 9.64 Å². The molecule has 28 heavy (non-hydrogen) atoms. The van der Waals surface area contributed by atoms with Gasteiger partial charge in [0.15, 0.2) is 0 Å². The van der Waals surface area contributed by atoms with Gasteiger partial charge in [0, 0.05) is 23.5 Å². The fraction of sp³-hybridized carbons (Fsp3) is 0.125. The second kappa shape index (κ2) is 7.61. The summed E-state index contributed by atoms with van der Waals surface area (Å²) < 4.78 is 10.2. The highest BCUT2D eigenvalue weighted by atomic mass is 16.5. The van der Waals surface area contributed by atoms with Gasteiger partial charge in [-0.15, -0.1) is 0 Å². The number of anilines is 2. The van der Waals surface area contributed by atoms with E-state index in [4.69, 9.17) is 9.47 Å². The summed E-state index contributed by atoms with van der Waals surface area (Å²) in [4.78, 5) is 14.0. The molecule has 3 aromatic rings. The molecule has 0 saturated carbocycles. The number of ether oxygens (including phenoxy) is 2. The van der Waals surface area contributed by atoms with E-state index in [0.29, 0.717) is 12.1 Å². The van der Waals surface area contributed by atoms with Crippen molar-refractivity contribution >= 4 is 29.5 Å². The molecule has 1 heterocycles. The van der Waals surface area contributed by atoms with Crippen molar-refractivity contribution in [1.29, 1.82) is 0 Å². The molecule has 0 spiro atoms. The number of hydrogen-bond donors (Lipinski definition) is 0. The standard InChI is InChI=1S/C24H21NO3/c1-27-21-13-14-23-20(15-21)12-11-18-5-3-4-6-22(18)25(23)16-17-7-9-19(10-8-17)24(26)28-2/h3-15H,16H2,1-2H3. The second-order valence-corrected chi connectivity index (χ2v) is 6.59. The normalized spacial score (nSPS) is 12.0. The Balaban J connectivity index is 1.75. The maximum Gasteiger partial charge on any atom is 0.337 e. The first-order chi connectivity index (χ1) is 13.7. The summed E-state index contributed by atoms with van der Waals surface area (Å²) in [6.07, 6.45) is 4.25. The van der Waals surface area contributed by atoms with Crippen LogP contribution in [-0.4, -0.2) is 20.2 Å². The molecular weight excluding hydrogens is 350 g/mol. The fourth-order valence-corrected chi connectivity index (χ4v) is 3.44. The van der Waals surface area contributed by atoms with Crippen molar-refractivity contribution in [2.45, 2.75) is 6.54 Å². The molecule has 1 aliphatic heterocycles. The summed E-state index contributed by atoms with van der Waals surface area (Å²) in [7, 11) is 3.07. The van der Waals surface area contributed by atoms with Crippen molar-refractivity contribution in [3.05, 3.63) is 89.0 Å². The van der Waals surface area contributed by atoms with Crippen molar-refractivity contribution < 1.29 is 14.3 Å². The Labute approximate surface area is 164 Å². The lowest BCUT2D eigenvalue weighted by molar-refractivity contribution is 0.0600. The van der Waals surface area contributed by atoms with E-state index in [1.54, 1.807) is 19.2 Å². The molecule has 0 unspecified atom stereocenters. The number of esters is 1. The van der Waals surface area contributed by atoms with Crippen LogP contribution in [0.25, 0.3) is 12.2 Å². The fourth-order valence-electron chi connectivity index (χ4n) is 3.44. The predicted octanol–water partition coefficient (Wildman–Crippen LogP) is 5.30. The minimum absolute atomic E-state index is 0.326. The summed E-state index contributed by atoms with van der Waals surface area (Å²) in [5, 5.41) is 0. The second-order valence-electron chi connectivity index (χ2n) is 6.59. The highest BCUT2D eigenvalue weighted by Gasteiger charge is 2.19. The van der Waals surface area contributed by atoms with Crippen LogP contribution in [0.2, 0.25) is 0 Å². The lowest BCUT2D eigenvalue weighted by atomic mass is 10.1. The smallest absolute Gasteiger partial charge is 0.337 e. The third-order valence-electron chi connectivity index (χ3n) is 4.91. The van der Waals surface area contributed by atoms with Crippen molar-refractivity contribution in [1.82, 2.24) is 0 Å². The third-order valence-corrected chi connectivity index (χ3v) is 4.91. The van der Waals surface area contributed by atoms with Gasteiger partial charge >= 0.3 is 5.97 Å². The molecule has 0 aromatic heterocycles. The van der Waals surface area contributed by atoms with Crippen molar-refractivity contribution in [3.63, 3.8) is 0 Å². The van der Waals surface area contributed by atoms with Gasteiger partial charge < -0.3 is 14.4 Å². The van der Waals surface area contributed by atoms with E-state index in [-0.39, 0.29) is 5.97 Å². The van der Waals surface area contributed by atoms with Crippen LogP contribution in [-0.2, 0) is 11.3 Å². The average Bonchev–Trinajstić information content (AvgIpc) is 2.90. The van der Waals surface area contributed by atoms with Gasteiger partial charge in [-0.05, 0) is 47.5 Å². The number of hydrogen-bond acceptors (Lipinski definition) is 4. The van der Waals surface area contributed by atoms with Crippen LogP contribution in [0.1, 0.15) is 27.0 Å². The number of rotatable bonds is 4. The molecular formula is C24H21NO3. The Hall–Kier alpha value is -3.53. The lowest BCUT2D eigenvalue weighted by Gasteiger charge is -2.27. The Bertz CT molecular complexity index is 1040. The molecule has 3 aromatic carbocycles. The summed E-state index contributed by atoms with van der Waals surface area (Å²) in [6, 6.07) is 22.0. The van der Waals surface area contributed by atoms with Gasteiger partial charge in [0.1, 0.15) is 5.75 Å². The van der Waals surface area contributed by atoms with Gasteiger partial charge in [-0.3, -0.25) is 0 Å². The Morgan fingerprint density at radius 2 is 1.57 bits per heavy atom. The number of carbonyl (C=O) groups is 1. The predicted molar refractivity (Wildman–Crippen MR) is 112 cm³/mol. The van der Waals surface area contributed by atoms with Crippen LogP contribution in [0.4, 0.5) is 11.4 Å². The molecule has 1 aliphatic rings. The quantitative estimate of drug-likeness (QED) is 0.583. The minimum Gasteiger partial charge on any atom is -0.497 e. The average molecular weight is 371 g/mol. The molecule has 0 aliphatic carbocycles. The molecule has 0 fully saturated rings. The van der Waals surface area contributed by atoms with E-state index < -0.39 is 0 Å². The van der Waals surface area contributed by atoms with Crippen molar-refractivity contribution in [3.8, 4) is 5.75 Å². The van der Waals surface area contributed by atoms with Crippen LogP contribution >= 0.6 is 0 Å². The SMILES string of the molecule is COC(=O)c1ccc(CN2c3ccccc3C=Cc3cc(OC)ccc32)cc1. The first-order valence-electron chi connectivity index (χ1n) is 9.09. The summed E-state index contributed by atoms with van der Waals surface area (Å²) in [6.45, 7) is 0.680. The summed E-state index contributed by atoms with van der Waals surface area (Å²) in [5.74, 6) is 0.505. The lowest BCUT2D eigenvalue weighted by Crippen LogP contribution is -2.18. The molecule has 0 amide bonds. The van der Waals surface area contributed by atoms with Gasteiger partial charge in [-0.25, -0.2) is 4.79 Å². The molecule has 0 N–H and O–H groups in total. The summed E-state index contributed by atoms with van der Waals surface area (Å²) in [5.41, 5.74) is 6.16. The Morgan fingerprint density at radius 3 is 2.32 bits per heavy atom. The first kappa shape index (κ1) is 17.9. The van der Waals surface area contributed by atoms with E-state index >= 15 is 0 Å². The number of fused-ring (bicyclic) bond motifs is 2. The van der Waals surface area contributed by atoms with E-state index in [1.807, 2.05) is 30.3 Å². The first-order valence-corrected chi connectivity index (χ1v) is 9.09. The number of benzene rings is 3. The van der Waals surface area contributed by atoms with Gasteiger partial charge in [0.2, 0.25) is 0 Å². The van der Waals surface area contributed by atoms with Gasteiger partial charge in [-0.2, -0.15) is 0 Å². The molecule has 0 atom stereocenters. The van der Waals surface area contributed by atoms with Crippen LogP contribution in [0.15, 0.2) is 66.7 Å². The molecule has 140 valence electrons. The third kappa shape index (κ3) is 3.37. The Kier molecular flexibility index (Phi) is 4.85.